The molecular weight excluding hydrogens is 261 g/mol. The Labute approximate surface area is 109 Å². The number of alkyl halides is 1. The van der Waals surface area contributed by atoms with Crippen LogP contribution in [0, 0.1) is 0 Å². The van der Waals surface area contributed by atoms with Gasteiger partial charge in [0.15, 0.2) is 0 Å². The van der Waals surface area contributed by atoms with Crippen molar-refractivity contribution >= 4 is 25.1 Å². The lowest BCUT2D eigenvalue weighted by Gasteiger charge is -2.34. The molecule has 0 bridgehead atoms. The summed E-state index contributed by atoms with van der Waals surface area (Å²) in [5.41, 5.74) is -0.791. The van der Waals surface area contributed by atoms with E-state index in [1.807, 2.05) is 41.5 Å². The summed E-state index contributed by atoms with van der Waals surface area (Å²) in [6, 6.07) is 0. The maximum Gasteiger partial charge on any atom is 0.306 e. The van der Waals surface area contributed by atoms with Gasteiger partial charge in [-0.2, -0.15) is 0 Å². The topological polar surface area (TPSA) is 70.2 Å². The van der Waals surface area contributed by atoms with Crippen molar-refractivity contribution in [1.82, 2.24) is 15.3 Å². The van der Waals surface area contributed by atoms with Crippen molar-refractivity contribution in [3.63, 3.8) is 0 Å². The van der Waals surface area contributed by atoms with Gasteiger partial charge in [-0.15, -0.1) is 11.6 Å². The molecule has 0 saturated heterocycles. The van der Waals surface area contributed by atoms with Crippen LogP contribution in [-0.2, 0) is 9.36 Å². The van der Waals surface area contributed by atoms with E-state index in [0.29, 0.717) is 0 Å². The summed E-state index contributed by atoms with van der Waals surface area (Å²) in [7, 11) is -3.22. The minimum atomic E-state index is -3.22. The lowest BCUT2D eigenvalue weighted by atomic mass is 10.1. The number of carbonyl (C=O) groups excluding carboxylic acids is 1. The van der Waals surface area contributed by atoms with E-state index in [-0.39, 0.29) is 5.88 Å². The maximum absolute atomic E-state index is 12.6. The molecule has 0 rings (SSSR count). The van der Waals surface area contributed by atoms with Crippen molar-refractivity contribution in [2.45, 2.75) is 52.6 Å². The third-order valence-electron chi connectivity index (χ3n) is 1.39. The van der Waals surface area contributed by atoms with Crippen LogP contribution >= 0.6 is 19.2 Å². The summed E-state index contributed by atoms with van der Waals surface area (Å²) < 4.78 is 12.6. The molecule has 0 aliphatic heterocycles. The number of hydrogen-bond acceptors (Lipinski definition) is 2. The standard InChI is InChI=1S/C10H23ClN3O2P/c1-9(2,3)13-17(16,12-8(15)7-11)14-10(4,5)6/h7H2,1-6H3,(H3,12,13,14,15,16). The zero-order chi connectivity index (χ0) is 13.9. The van der Waals surface area contributed by atoms with Crippen LogP contribution in [-0.4, -0.2) is 22.9 Å². The van der Waals surface area contributed by atoms with Crippen LogP contribution in [0.1, 0.15) is 41.5 Å². The van der Waals surface area contributed by atoms with Crippen LogP contribution in [0.2, 0.25) is 0 Å². The largest absolute Gasteiger partial charge is 0.306 e. The first-order chi connectivity index (χ1) is 7.37. The molecule has 0 atom stereocenters. The van der Waals surface area contributed by atoms with Crippen LogP contribution in [0.15, 0.2) is 0 Å². The van der Waals surface area contributed by atoms with Gasteiger partial charge in [0.25, 0.3) is 0 Å². The molecule has 17 heavy (non-hydrogen) atoms. The van der Waals surface area contributed by atoms with Crippen molar-refractivity contribution in [2.24, 2.45) is 0 Å². The zero-order valence-electron chi connectivity index (χ0n) is 11.3. The van der Waals surface area contributed by atoms with Crippen molar-refractivity contribution in [1.29, 1.82) is 0 Å². The van der Waals surface area contributed by atoms with E-state index >= 15 is 0 Å². The molecule has 0 aromatic heterocycles. The van der Waals surface area contributed by atoms with E-state index in [2.05, 4.69) is 15.3 Å². The van der Waals surface area contributed by atoms with E-state index in [4.69, 9.17) is 11.6 Å². The van der Waals surface area contributed by atoms with Crippen LogP contribution in [0.25, 0.3) is 0 Å². The molecule has 1 amide bonds. The monoisotopic (exact) mass is 283 g/mol. The van der Waals surface area contributed by atoms with Gasteiger partial charge in [0.05, 0.1) is 0 Å². The molecule has 0 spiro atoms. The number of amides is 1. The highest BCUT2D eigenvalue weighted by atomic mass is 35.5. The molecule has 0 aromatic carbocycles. The van der Waals surface area contributed by atoms with E-state index < -0.39 is 24.6 Å². The molecule has 0 fully saturated rings. The fourth-order valence-electron chi connectivity index (χ4n) is 1.23. The van der Waals surface area contributed by atoms with Crippen molar-refractivity contribution in [3.05, 3.63) is 0 Å². The Morgan fingerprint density at radius 2 is 1.41 bits per heavy atom. The highest BCUT2D eigenvalue weighted by Crippen LogP contribution is 2.36. The lowest BCUT2D eigenvalue weighted by molar-refractivity contribution is -0.117. The number of halogens is 1. The third-order valence-corrected chi connectivity index (χ3v) is 4.17. The highest BCUT2D eigenvalue weighted by Gasteiger charge is 2.32. The Kier molecular flexibility index (Phi) is 5.67. The summed E-state index contributed by atoms with van der Waals surface area (Å²) >= 11 is 5.41. The molecule has 7 heteroatoms. The Balaban J connectivity index is 4.95. The molecule has 0 radical (unpaired) electrons. The predicted octanol–water partition coefficient (Wildman–Crippen LogP) is 2.23. The first kappa shape index (κ1) is 16.9. The van der Waals surface area contributed by atoms with Crippen LogP contribution < -0.4 is 15.3 Å². The second kappa shape index (κ2) is 5.70. The highest BCUT2D eigenvalue weighted by molar-refractivity contribution is 7.58. The van der Waals surface area contributed by atoms with Gasteiger partial charge in [-0.25, -0.2) is 10.2 Å². The average Bonchev–Trinajstić information content (AvgIpc) is 1.94. The molecule has 0 aliphatic rings. The zero-order valence-corrected chi connectivity index (χ0v) is 13.0. The van der Waals surface area contributed by atoms with Crippen molar-refractivity contribution < 1.29 is 9.36 Å². The van der Waals surface area contributed by atoms with Gasteiger partial charge in [0.2, 0.25) is 5.91 Å². The Bertz CT molecular complexity index is 300. The van der Waals surface area contributed by atoms with Crippen LogP contribution in [0.4, 0.5) is 0 Å². The Morgan fingerprint density at radius 1 is 1.06 bits per heavy atom. The summed E-state index contributed by atoms with van der Waals surface area (Å²) in [6.07, 6.45) is 0. The van der Waals surface area contributed by atoms with Gasteiger partial charge in [-0.05, 0) is 41.5 Å². The molecule has 5 nitrogen and oxygen atoms in total. The van der Waals surface area contributed by atoms with Crippen molar-refractivity contribution in [3.8, 4) is 0 Å². The van der Waals surface area contributed by atoms with E-state index in [1.165, 1.54) is 0 Å². The summed E-state index contributed by atoms with van der Waals surface area (Å²) in [5, 5.41) is 8.24. The van der Waals surface area contributed by atoms with Crippen molar-refractivity contribution in [2.75, 3.05) is 5.88 Å². The Hall–Kier alpha value is -0.0900. The fraction of sp³-hybridized carbons (Fsp3) is 0.900. The minimum absolute atomic E-state index is 0.221. The molecule has 3 N–H and O–H groups in total. The predicted molar refractivity (Wildman–Crippen MR) is 72.2 cm³/mol. The minimum Gasteiger partial charge on any atom is -0.282 e. The third kappa shape index (κ3) is 8.61. The number of carbonyl (C=O) groups is 1. The van der Waals surface area contributed by atoms with Gasteiger partial charge in [0.1, 0.15) is 5.88 Å². The van der Waals surface area contributed by atoms with E-state index in [9.17, 15) is 9.36 Å². The SMILES string of the molecule is CC(C)(C)NP(=O)(NC(=O)CCl)NC(C)(C)C. The van der Waals surface area contributed by atoms with E-state index in [0.717, 1.165) is 0 Å². The lowest BCUT2D eigenvalue weighted by Crippen LogP contribution is -2.48. The van der Waals surface area contributed by atoms with Gasteiger partial charge < -0.3 is 0 Å². The first-order valence-corrected chi connectivity index (χ1v) is 7.67. The smallest absolute Gasteiger partial charge is 0.282 e. The molecule has 0 unspecified atom stereocenters. The number of hydrogen-bond donors (Lipinski definition) is 3. The van der Waals surface area contributed by atoms with Gasteiger partial charge in [-0.3, -0.25) is 14.4 Å². The molecule has 0 aliphatic carbocycles. The summed E-state index contributed by atoms with van der Waals surface area (Å²) in [5.74, 6) is -0.690. The quantitative estimate of drug-likeness (QED) is 0.547. The summed E-state index contributed by atoms with van der Waals surface area (Å²) in [4.78, 5) is 11.3. The molecule has 0 aromatic rings. The molecule has 0 saturated carbocycles. The molecule has 0 heterocycles. The van der Waals surface area contributed by atoms with Gasteiger partial charge in [-0.1, -0.05) is 0 Å². The average molecular weight is 284 g/mol. The number of rotatable bonds is 4. The normalized spacial score (nSPS) is 13.6. The maximum atomic E-state index is 12.6. The van der Waals surface area contributed by atoms with E-state index in [1.54, 1.807) is 0 Å². The number of nitrogens with one attached hydrogen (secondary N) is 3. The van der Waals surface area contributed by atoms with Crippen LogP contribution in [0.3, 0.4) is 0 Å². The second-order valence-electron chi connectivity index (χ2n) is 6.00. The van der Waals surface area contributed by atoms with Crippen LogP contribution in [0.5, 0.6) is 0 Å². The van der Waals surface area contributed by atoms with Gasteiger partial charge in [0, 0.05) is 11.1 Å². The van der Waals surface area contributed by atoms with Gasteiger partial charge >= 0.3 is 7.59 Å². The molecular formula is C10H23ClN3O2P. The first-order valence-electron chi connectivity index (χ1n) is 5.43. The second-order valence-corrected chi connectivity index (χ2v) is 8.16. The fourth-order valence-corrected chi connectivity index (χ4v) is 3.88. The molecule has 102 valence electrons. The summed E-state index contributed by atoms with van der Waals surface area (Å²) in [6.45, 7) is 11.2. The Morgan fingerprint density at radius 3 is 1.65 bits per heavy atom.